The van der Waals surface area contributed by atoms with Gasteiger partial charge in [-0.1, -0.05) is 49.4 Å². The maximum absolute atomic E-state index is 11.9. The third-order valence-corrected chi connectivity index (χ3v) is 2.52. The summed E-state index contributed by atoms with van der Waals surface area (Å²) in [6, 6.07) is 9.72. The molecule has 0 heterocycles. The molecule has 0 bridgehead atoms. The fraction of sp³-hybridized carbons (Fsp3) is 0.400. The summed E-state index contributed by atoms with van der Waals surface area (Å²) in [4.78, 5) is 13.6. The van der Waals surface area contributed by atoms with Gasteiger partial charge in [0.15, 0.2) is 0 Å². The molecule has 0 atom stereocenters. The van der Waals surface area contributed by atoms with Gasteiger partial charge in [-0.2, -0.15) is 0 Å². The van der Waals surface area contributed by atoms with Crippen molar-refractivity contribution in [3.8, 4) is 0 Å². The van der Waals surface area contributed by atoms with Gasteiger partial charge >= 0.3 is 6.09 Å². The minimum absolute atomic E-state index is 0.251. The summed E-state index contributed by atoms with van der Waals surface area (Å²) in [5.41, 5.74) is 1.01. The molecule has 18 heavy (non-hydrogen) atoms. The number of amides is 1. The highest BCUT2D eigenvalue weighted by molar-refractivity contribution is 5.67. The number of rotatable bonds is 6. The van der Waals surface area contributed by atoms with Crippen LogP contribution in [0.25, 0.3) is 0 Å². The molecule has 0 saturated heterocycles. The second-order valence-electron chi connectivity index (χ2n) is 4.06. The molecule has 0 spiro atoms. The van der Waals surface area contributed by atoms with Gasteiger partial charge in [-0.15, -0.1) is 0 Å². The number of nitrogens with zero attached hydrogens (tertiary/aromatic N) is 1. The molecule has 0 N–H and O–H groups in total. The van der Waals surface area contributed by atoms with Crippen LogP contribution in [-0.2, 0) is 11.3 Å². The SMILES string of the molecule is C/C=C/CN(CCC)C(=O)OCc1ccccc1. The van der Waals surface area contributed by atoms with E-state index in [1.807, 2.05) is 56.3 Å². The van der Waals surface area contributed by atoms with Crippen LogP contribution < -0.4 is 0 Å². The lowest BCUT2D eigenvalue weighted by Crippen LogP contribution is -2.32. The van der Waals surface area contributed by atoms with E-state index < -0.39 is 0 Å². The van der Waals surface area contributed by atoms with Crippen LogP contribution in [0.1, 0.15) is 25.8 Å². The zero-order valence-electron chi connectivity index (χ0n) is 11.1. The van der Waals surface area contributed by atoms with Crippen molar-refractivity contribution in [2.24, 2.45) is 0 Å². The van der Waals surface area contributed by atoms with Crippen molar-refractivity contribution in [3.05, 3.63) is 48.0 Å². The van der Waals surface area contributed by atoms with Crippen LogP contribution in [-0.4, -0.2) is 24.1 Å². The molecule has 1 amide bonds. The Kier molecular flexibility index (Phi) is 6.62. The molecule has 0 unspecified atom stereocenters. The number of allylic oxidation sites excluding steroid dienone is 1. The van der Waals surface area contributed by atoms with E-state index >= 15 is 0 Å². The molecule has 1 rings (SSSR count). The van der Waals surface area contributed by atoms with Crippen molar-refractivity contribution in [1.82, 2.24) is 4.90 Å². The summed E-state index contributed by atoms with van der Waals surface area (Å²) in [7, 11) is 0. The van der Waals surface area contributed by atoms with Crippen LogP contribution in [0.2, 0.25) is 0 Å². The van der Waals surface area contributed by atoms with E-state index in [1.54, 1.807) is 4.90 Å². The van der Waals surface area contributed by atoms with Crippen LogP contribution in [0, 0.1) is 0 Å². The molecule has 0 aromatic heterocycles. The van der Waals surface area contributed by atoms with Gasteiger partial charge in [0.05, 0.1) is 0 Å². The van der Waals surface area contributed by atoms with E-state index in [0.717, 1.165) is 18.5 Å². The minimum Gasteiger partial charge on any atom is -0.445 e. The Labute approximate surface area is 109 Å². The number of carbonyl (C=O) groups is 1. The smallest absolute Gasteiger partial charge is 0.410 e. The van der Waals surface area contributed by atoms with E-state index in [9.17, 15) is 4.79 Å². The fourth-order valence-electron chi connectivity index (χ4n) is 1.57. The topological polar surface area (TPSA) is 29.5 Å². The lowest BCUT2D eigenvalue weighted by Gasteiger charge is -2.19. The van der Waals surface area contributed by atoms with Crippen LogP contribution >= 0.6 is 0 Å². The molecule has 0 aliphatic heterocycles. The molecular weight excluding hydrogens is 226 g/mol. The maximum atomic E-state index is 11.9. The van der Waals surface area contributed by atoms with Gasteiger partial charge in [0.25, 0.3) is 0 Å². The van der Waals surface area contributed by atoms with E-state index in [2.05, 4.69) is 0 Å². The number of hydrogen-bond donors (Lipinski definition) is 0. The molecule has 3 heteroatoms. The molecule has 0 saturated carbocycles. The van der Waals surface area contributed by atoms with Crippen LogP contribution in [0.4, 0.5) is 4.79 Å². The summed E-state index contributed by atoms with van der Waals surface area (Å²) in [6.45, 7) is 5.65. The van der Waals surface area contributed by atoms with Crippen molar-refractivity contribution in [1.29, 1.82) is 0 Å². The lowest BCUT2D eigenvalue weighted by atomic mass is 10.2. The Balaban J connectivity index is 2.45. The zero-order valence-corrected chi connectivity index (χ0v) is 11.1. The predicted octanol–water partition coefficient (Wildman–Crippen LogP) is 3.61. The van der Waals surface area contributed by atoms with Crippen molar-refractivity contribution in [3.63, 3.8) is 0 Å². The highest BCUT2D eigenvalue weighted by Gasteiger charge is 2.12. The summed E-state index contributed by atoms with van der Waals surface area (Å²) in [6.07, 6.45) is 4.57. The summed E-state index contributed by atoms with van der Waals surface area (Å²) in [5.74, 6) is 0. The Morgan fingerprint density at radius 2 is 2.06 bits per heavy atom. The van der Waals surface area contributed by atoms with E-state index in [1.165, 1.54) is 0 Å². The molecule has 98 valence electrons. The molecule has 1 aromatic rings. The molecule has 0 aliphatic rings. The van der Waals surface area contributed by atoms with E-state index in [-0.39, 0.29) is 6.09 Å². The number of carbonyl (C=O) groups excluding carboxylic acids is 1. The normalized spacial score (nSPS) is 10.6. The maximum Gasteiger partial charge on any atom is 0.410 e. The first-order chi connectivity index (χ1) is 8.77. The molecule has 3 nitrogen and oxygen atoms in total. The second-order valence-corrected chi connectivity index (χ2v) is 4.06. The number of hydrogen-bond acceptors (Lipinski definition) is 2. The van der Waals surface area contributed by atoms with Gasteiger partial charge in [0, 0.05) is 13.1 Å². The monoisotopic (exact) mass is 247 g/mol. The molecule has 0 aliphatic carbocycles. The van der Waals surface area contributed by atoms with Gasteiger partial charge < -0.3 is 9.64 Å². The summed E-state index contributed by atoms with van der Waals surface area (Å²) < 4.78 is 5.29. The van der Waals surface area contributed by atoms with Crippen LogP contribution in [0.5, 0.6) is 0 Å². The Bertz CT molecular complexity index is 373. The first kappa shape index (κ1) is 14.3. The highest BCUT2D eigenvalue weighted by Crippen LogP contribution is 2.04. The third kappa shape index (κ3) is 5.04. The van der Waals surface area contributed by atoms with Crippen LogP contribution in [0.15, 0.2) is 42.5 Å². The molecule has 1 aromatic carbocycles. The summed E-state index contributed by atoms with van der Waals surface area (Å²) >= 11 is 0. The van der Waals surface area contributed by atoms with Gasteiger partial charge in [0.1, 0.15) is 6.61 Å². The third-order valence-electron chi connectivity index (χ3n) is 2.52. The molecule has 0 fully saturated rings. The lowest BCUT2D eigenvalue weighted by molar-refractivity contribution is 0.100. The Morgan fingerprint density at radius 1 is 1.33 bits per heavy atom. The largest absolute Gasteiger partial charge is 0.445 e. The highest BCUT2D eigenvalue weighted by atomic mass is 16.6. The van der Waals surface area contributed by atoms with Gasteiger partial charge in [-0.05, 0) is 18.9 Å². The van der Waals surface area contributed by atoms with Crippen molar-refractivity contribution in [2.45, 2.75) is 26.9 Å². The summed E-state index contributed by atoms with van der Waals surface area (Å²) in [5, 5.41) is 0. The quantitative estimate of drug-likeness (QED) is 0.719. The molecule has 0 radical (unpaired) electrons. The first-order valence-corrected chi connectivity index (χ1v) is 6.34. The van der Waals surface area contributed by atoms with Crippen molar-refractivity contribution in [2.75, 3.05) is 13.1 Å². The first-order valence-electron chi connectivity index (χ1n) is 6.34. The minimum atomic E-state index is -0.251. The average Bonchev–Trinajstić information content (AvgIpc) is 2.42. The van der Waals surface area contributed by atoms with E-state index in [4.69, 9.17) is 4.74 Å². The van der Waals surface area contributed by atoms with Gasteiger partial charge in [-0.3, -0.25) is 0 Å². The van der Waals surface area contributed by atoms with Crippen molar-refractivity contribution >= 4 is 6.09 Å². The fourth-order valence-corrected chi connectivity index (χ4v) is 1.57. The second kappa shape index (κ2) is 8.34. The number of benzene rings is 1. The van der Waals surface area contributed by atoms with Gasteiger partial charge in [-0.25, -0.2) is 4.79 Å². The predicted molar refractivity (Wildman–Crippen MR) is 73.3 cm³/mol. The average molecular weight is 247 g/mol. The Hall–Kier alpha value is -1.77. The van der Waals surface area contributed by atoms with Crippen LogP contribution in [0.3, 0.4) is 0 Å². The standard InChI is InChI=1S/C15H21NO2/c1-3-5-12-16(11-4-2)15(17)18-13-14-9-7-6-8-10-14/h3,5-10H,4,11-13H2,1-2H3/b5-3+. The van der Waals surface area contributed by atoms with Crippen molar-refractivity contribution < 1.29 is 9.53 Å². The van der Waals surface area contributed by atoms with Gasteiger partial charge in [0.2, 0.25) is 0 Å². The molecular formula is C15H21NO2. The Morgan fingerprint density at radius 3 is 2.67 bits per heavy atom. The zero-order chi connectivity index (χ0) is 13.2. The van der Waals surface area contributed by atoms with E-state index in [0.29, 0.717) is 13.2 Å². The number of ether oxygens (including phenoxy) is 1.